The van der Waals surface area contributed by atoms with Crippen molar-refractivity contribution in [3.63, 3.8) is 0 Å². The van der Waals surface area contributed by atoms with Crippen LogP contribution in [0.5, 0.6) is 0 Å². The van der Waals surface area contributed by atoms with Gasteiger partial charge in [0.1, 0.15) is 11.1 Å². The van der Waals surface area contributed by atoms with Crippen molar-refractivity contribution in [2.24, 2.45) is 5.73 Å². The lowest BCUT2D eigenvalue weighted by atomic mass is 9.98. The monoisotopic (exact) mass is 240 g/mol. The second kappa shape index (κ2) is 5.41. The fraction of sp³-hybridized carbons (Fsp3) is 0.636. The van der Waals surface area contributed by atoms with Gasteiger partial charge in [0.15, 0.2) is 5.69 Å². The first-order valence-corrected chi connectivity index (χ1v) is 6.53. The van der Waals surface area contributed by atoms with E-state index in [4.69, 9.17) is 10.5 Å². The largest absolute Gasteiger partial charge is 0.458 e. The Morgan fingerprint density at radius 3 is 2.88 bits per heavy atom. The van der Waals surface area contributed by atoms with Gasteiger partial charge in [0, 0.05) is 11.9 Å². The second-order valence-electron chi connectivity index (χ2n) is 4.00. The Kier molecular flexibility index (Phi) is 3.90. The van der Waals surface area contributed by atoms with Crippen molar-refractivity contribution in [1.29, 1.82) is 0 Å². The van der Waals surface area contributed by atoms with E-state index in [0.29, 0.717) is 12.2 Å². The topological polar surface area (TPSA) is 65.2 Å². The summed E-state index contributed by atoms with van der Waals surface area (Å²) >= 11 is 1.40. The van der Waals surface area contributed by atoms with Crippen molar-refractivity contribution >= 4 is 17.3 Å². The van der Waals surface area contributed by atoms with Crippen LogP contribution in [0, 0.1) is 0 Å². The molecule has 0 saturated heterocycles. The molecule has 5 heteroatoms. The number of thiazole rings is 1. The molecule has 0 radical (unpaired) electrons. The molecule has 4 nitrogen and oxygen atoms in total. The molecular weight excluding hydrogens is 224 g/mol. The molecule has 0 bridgehead atoms. The highest BCUT2D eigenvalue weighted by Crippen LogP contribution is 2.21. The molecule has 0 spiro atoms. The van der Waals surface area contributed by atoms with Crippen LogP contribution in [0.2, 0.25) is 0 Å². The quantitative estimate of drug-likeness (QED) is 0.822. The third-order valence-corrected chi connectivity index (χ3v) is 3.63. The average molecular weight is 240 g/mol. The summed E-state index contributed by atoms with van der Waals surface area (Å²) < 4.78 is 5.40. The minimum absolute atomic E-state index is 0.0873. The predicted octanol–water partition coefficient (Wildman–Crippen LogP) is 2.09. The molecule has 1 heterocycles. The molecule has 1 aliphatic carbocycles. The van der Waals surface area contributed by atoms with Gasteiger partial charge < -0.3 is 10.5 Å². The van der Waals surface area contributed by atoms with E-state index in [1.54, 1.807) is 5.38 Å². The zero-order chi connectivity index (χ0) is 11.4. The van der Waals surface area contributed by atoms with Crippen LogP contribution in [-0.2, 0) is 11.3 Å². The van der Waals surface area contributed by atoms with Crippen LogP contribution in [0.4, 0.5) is 0 Å². The molecule has 1 fully saturated rings. The summed E-state index contributed by atoms with van der Waals surface area (Å²) in [5.41, 5.74) is 5.84. The maximum atomic E-state index is 11.7. The summed E-state index contributed by atoms with van der Waals surface area (Å²) in [6.45, 7) is 0.376. The van der Waals surface area contributed by atoms with Gasteiger partial charge in [0.2, 0.25) is 0 Å². The van der Waals surface area contributed by atoms with Crippen LogP contribution in [0.1, 0.15) is 47.6 Å². The zero-order valence-corrected chi connectivity index (χ0v) is 9.96. The van der Waals surface area contributed by atoms with Gasteiger partial charge >= 0.3 is 5.97 Å². The summed E-state index contributed by atoms with van der Waals surface area (Å²) in [5, 5.41) is 2.49. The SMILES string of the molecule is NCc1nc(C(=O)OC2CCCCC2)cs1. The van der Waals surface area contributed by atoms with E-state index in [2.05, 4.69) is 4.98 Å². The summed E-state index contributed by atoms with van der Waals surface area (Å²) in [6, 6.07) is 0. The van der Waals surface area contributed by atoms with Crippen molar-refractivity contribution in [3.8, 4) is 0 Å². The summed E-state index contributed by atoms with van der Waals surface area (Å²) in [6.07, 6.45) is 5.62. The predicted molar refractivity (Wildman–Crippen MR) is 62.3 cm³/mol. The lowest BCUT2D eigenvalue weighted by Crippen LogP contribution is -2.21. The summed E-state index contributed by atoms with van der Waals surface area (Å²) in [5.74, 6) is -0.303. The highest BCUT2D eigenvalue weighted by molar-refractivity contribution is 7.09. The van der Waals surface area contributed by atoms with E-state index in [-0.39, 0.29) is 12.1 Å². The number of esters is 1. The molecule has 1 aromatic rings. The zero-order valence-electron chi connectivity index (χ0n) is 9.15. The smallest absolute Gasteiger partial charge is 0.358 e. The Balaban J connectivity index is 1.91. The number of nitrogens with two attached hydrogens (primary N) is 1. The van der Waals surface area contributed by atoms with E-state index in [1.165, 1.54) is 17.8 Å². The molecule has 0 aromatic carbocycles. The standard InChI is InChI=1S/C11H16N2O2S/c12-6-10-13-9(7-16-10)11(14)15-8-4-2-1-3-5-8/h7-8H,1-6,12H2. The van der Waals surface area contributed by atoms with Gasteiger partial charge in [-0.3, -0.25) is 0 Å². The van der Waals surface area contributed by atoms with Gasteiger partial charge in [-0.25, -0.2) is 9.78 Å². The molecule has 0 amide bonds. The lowest BCUT2D eigenvalue weighted by Gasteiger charge is -2.21. The molecule has 1 aromatic heterocycles. The normalized spacial score (nSPS) is 17.3. The first-order valence-electron chi connectivity index (χ1n) is 5.65. The minimum atomic E-state index is -0.303. The number of nitrogens with zero attached hydrogens (tertiary/aromatic N) is 1. The van der Waals surface area contributed by atoms with E-state index in [0.717, 1.165) is 30.7 Å². The fourth-order valence-electron chi connectivity index (χ4n) is 1.89. The second-order valence-corrected chi connectivity index (χ2v) is 4.94. The van der Waals surface area contributed by atoms with E-state index in [9.17, 15) is 4.79 Å². The molecule has 1 aliphatic rings. The Morgan fingerprint density at radius 1 is 1.50 bits per heavy atom. The Morgan fingerprint density at radius 2 is 2.25 bits per heavy atom. The maximum absolute atomic E-state index is 11.7. The van der Waals surface area contributed by atoms with Gasteiger partial charge in [-0.05, 0) is 25.7 Å². The maximum Gasteiger partial charge on any atom is 0.358 e. The van der Waals surface area contributed by atoms with Crippen LogP contribution in [0.25, 0.3) is 0 Å². The van der Waals surface area contributed by atoms with Crippen LogP contribution in [0.3, 0.4) is 0 Å². The number of rotatable bonds is 3. The highest BCUT2D eigenvalue weighted by Gasteiger charge is 2.20. The number of hydrogen-bond donors (Lipinski definition) is 1. The van der Waals surface area contributed by atoms with Gasteiger partial charge in [-0.1, -0.05) is 6.42 Å². The van der Waals surface area contributed by atoms with Crippen molar-refractivity contribution in [2.45, 2.75) is 44.8 Å². The average Bonchev–Trinajstić information content (AvgIpc) is 2.79. The van der Waals surface area contributed by atoms with Gasteiger partial charge in [0.25, 0.3) is 0 Å². The van der Waals surface area contributed by atoms with E-state index >= 15 is 0 Å². The summed E-state index contributed by atoms with van der Waals surface area (Å²) in [4.78, 5) is 15.8. The molecule has 2 rings (SSSR count). The molecule has 2 N–H and O–H groups in total. The Hall–Kier alpha value is -0.940. The summed E-state index contributed by atoms with van der Waals surface area (Å²) in [7, 11) is 0. The minimum Gasteiger partial charge on any atom is -0.458 e. The van der Waals surface area contributed by atoms with Crippen LogP contribution >= 0.6 is 11.3 Å². The molecule has 16 heavy (non-hydrogen) atoms. The molecule has 0 unspecified atom stereocenters. The lowest BCUT2D eigenvalue weighted by molar-refractivity contribution is 0.0205. The molecule has 0 aliphatic heterocycles. The Bertz CT molecular complexity index is 359. The van der Waals surface area contributed by atoms with Crippen LogP contribution < -0.4 is 5.73 Å². The molecule has 0 atom stereocenters. The van der Waals surface area contributed by atoms with Crippen LogP contribution in [-0.4, -0.2) is 17.1 Å². The Labute approximate surface area is 98.8 Å². The van der Waals surface area contributed by atoms with Crippen molar-refractivity contribution in [2.75, 3.05) is 0 Å². The third kappa shape index (κ3) is 2.80. The van der Waals surface area contributed by atoms with Crippen LogP contribution in [0.15, 0.2) is 5.38 Å². The number of carbonyl (C=O) groups excluding carboxylic acids is 1. The van der Waals surface area contributed by atoms with Crippen molar-refractivity contribution in [3.05, 3.63) is 16.1 Å². The highest BCUT2D eigenvalue weighted by atomic mass is 32.1. The van der Waals surface area contributed by atoms with Crippen molar-refractivity contribution < 1.29 is 9.53 Å². The fourth-order valence-corrected chi connectivity index (χ4v) is 2.54. The van der Waals surface area contributed by atoms with Gasteiger partial charge in [-0.2, -0.15) is 0 Å². The number of aromatic nitrogens is 1. The molecule has 1 saturated carbocycles. The third-order valence-electron chi connectivity index (χ3n) is 2.76. The molecular formula is C11H16N2O2S. The number of carbonyl (C=O) groups is 1. The van der Waals surface area contributed by atoms with Crippen molar-refractivity contribution in [1.82, 2.24) is 4.98 Å². The van der Waals surface area contributed by atoms with E-state index in [1.807, 2.05) is 0 Å². The first kappa shape index (κ1) is 11.5. The number of ether oxygens (including phenoxy) is 1. The van der Waals surface area contributed by atoms with E-state index < -0.39 is 0 Å². The van der Waals surface area contributed by atoms with Gasteiger partial charge in [0.05, 0.1) is 0 Å². The number of hydrogen-bond acceptors (Lipinski definition) is 5. The molecule has 88 valence electrons. The van der Waals surface area contributed by atoms with Gasteiger partial charge in [-0.15, -0.1) is 11.3 Å². The first-order chi connectivity index (χ1) is 7.79.